The molecular formula is C13H19ClO4Si. The molecule has 2 atom stereocenters. The van der Waals surface area contributed by atoms with E-state index < -0.39 is 25.3 Å². The number of allylic oxidation sites excluding steroid dienone is 2. The number of hydrogen-bond acceptors (Lipinski definition) is 4. The van der Waals surface area contributed by atoms with Crippen LogP contribution in [-0.2, 0) is 18.8 Å². The molecule has 4 nitrogen and oxygen atoms in total. The van der Waals surface area contributed by atoms with Gasteiger partial charge in [-0.05, 0) is 37.7 Å². The van der Waals surface area contributed by atoms with Gasteiger partial charge in [0.15, 0.2) is 14.1 Å². The Morgan fingerprint density at radius 3 is 2.58 bits per heavy atom. The summed E-state index contributed by atoms with van der Waals surface area (Å²) in [6, 6.07) is 0. The second-order valence-electron chi connectivity index (χ2n) is 5.37. The van der Waals surface area contributed by atoms with Gasteiger partial charge in [0.25, 0.3) is 0 Å². The molecule has 0 bridgehead atoms. The van der Waals surface area contributed by atoms with Gasteiger partial charge in [-0.15, -0.1) is 18.2 Å². The van der Waals surface area contributed by atoms with Crippen molar-refractivity contribution in [1.82, 2.24) is 0 Å². The van der Waals surface area contributed by atoms with Crippen molar-refractivity contribution in [2.75, 3.05) is 7.11 Å². The fourth-order valence-electron chi connectivity index (χ4n) is 2.11. The van der Waals surface area contributed by atoms with Crippen molar-refractivity contribution in [3.05, 3.63) is 24.3 Å². The molecule has 106 valence electrons. The van der Waals surface area contributed by atoms with Crippen molar-refractivity contribution in [3.8, 4) is 0 Å². The van der Waals surface area contributed by atoms with Crippen LogP contribution in [0.25, 0.3) is 0 Å². The molecule has 0 amide bonds. The largest absolute Gasteiger partial charge is 0.467 e. The van der Waals surface area contributed by atoms with Crippen LogP contribution in [0.15, 0.2) is 24.3 Å². The summed E-state index contributed by atoms with van der Waals surface area (Å²) in [5, 5.41) is -1.08. The number of carbonyl (C=O) groups is 2. The molecule has 19 heavy (non-hydrogen) atoms. The Bertz CT molecular complexity index is 438. The fourth-order valence-corrected chi connectivity index (χ4v) is 3.82. The summed E-state index contributed by atoms with van der Waals surface area (Å²) in [6.45, 7) is 9.41. The second-order valence-corrected chi connectivity index (χ2v) is 10.2. The Morgan fingerprint density at radius 1 is 1.58 bits per heavy atom. The van der Waals surface area contributed by atoms with Crippen LogP contribution in [-0.4, -0.2) is 38.2 Å². The number of esters is 1. The van der Waals surface area contributed by atoms with Crippen molar-refractivity contribution < 1.29 is 18.8 Å². The van der Waals surface area contributed by atoms with E-state index in [1.165, 1.54) is 13.2 Å². The molecule has 0 aromatic rings. The monoisotopic (exact) mass is 302 g/mol. The predicted octanol–water partition coefficient (Wildman–Crippen LogP) is 2.44. The average Bonchev–Trinajstić information content (AvgIpc) is 2.52. The first-order valence-corrected chi connectivity index (χ1v) is 9.82. The highest BCUT2D eigenvalue weighted by atomic mass is 35.5. The third-order valence-corrected chi connectivity index (χ3v) is 4.18. The Balaban J connectivity index is 3.35. The summed E-state index contributed by atoms with van der Waals surface area (Å²) in [4.78, 5) is 24.1. The quantitative estimate of drug-likeness (QED) is 0.339. The van der Waals surface area contributed by atoms with Crippen molar-refractivity contribution >= 4 is 31.7 Å². The third kappa shape index (κ3) is 2.99. The molecule has 0 aromatic heterocycles. The van der Waals surface area contributed by atoms with E-state index in [-0.39, 0.29) is 5.78 Å². The molecule has 0 spiro atoms. The number of methoxy groups -OCH3 is 1. The number of halogens is 1. The number of carbonyl (C=O) groups excluding carboxylic acids is 2. The molecule has 1 aliphatic rings. The van der Waals surface area contributed by atoms with Crippen molar-refractivity contribution in [2.24, 2.45) is 0 Å². The summed E-state index contributed by atoms with van der Waals surface area (Å²) < 4.78 is 10.8. The van der Waals surface area contributed by atoms with E-state index in [0.717, 1.165) is 0 Å². The van der Waals surface area contributed by atoms with E-state index in [1.54, 1.807) is 6.08 Å². The van der Waals surface area contributed by atoms with E-state index in [1.807, 2.05) is 19.6 Å². The van der Waals surface area contributed by atoms with E-state index in [9.17, 15) is 9.59 Å². The Morgan fingerprint density at radius 2 is 2.16 bits per heavy atom. The Labute approximate surface area is 119 Å². The molecule has 0 N–H and O–H groups in total. The maximum Gasteiger partial charge on any atom is 0.343 e. The van der Waals surface area contributed by atoms with Gasteiger partial charge < -0.3 is 9.16 Å². The molecule has 0 aliphatic heterocycles. The van der Waals surface area contributed by atoms with E-state index >= 15 is 0 Å². The van der Waals surface area contributed by atoms with Gasteiger partial charge in [0.2, 0.25) is 5.60 Å². The summed E-state index contributed by atoms with van der Waals surface area (Å²) in [7, 11) is -0.869. The normalized spacial score (nSPS) is 27.1. The van der Waals surface area contributed by atoms with Crippen LogP contribution in [0.3, 0.4) is 0 Å². The standard InChI is InChI=1S/C13H19ClO4Si/c1-6-7-9-8-10(15)11(14)13(9,12(16)17-2)18-19(3,4)5/h6,8,11H,1,7H2,2-5H3. The molecule has 0 radical (unpaired) electrons. The fraction of sp³-hybridized carbons (Fsp3) is 0.538. The van der Waals surface area contributed by atoms with Gasteiger partial charge in [-0.2, -0.15) is 0 Å². The summed E-state index contributed by atoms with van der Waals surface area (Å²) in [6.07, 6.45) is 3.34. The van der Waals surface area contributed by atoms with Crippen LogP contribution in [0.4, 0.5) is 0 Å². The molecule has 0 heterocycles. The van der Waals surface area contributed by atoms with Crippen molar-refractivity contribution in [2.45, 2.75) is 37.0 Å². The minimum Gasteiger partial charge on any atom is -0.467 e. The highest BCUT2D eigenvalue weighted by molar-refractivity contribution is 6.70. The van der Waals surface area contributed by atoms with Crippen molar-refractivity contribution in [3.63, 3.8) is 0 Å². The average molecular weight is 303 g/mol. The molecule has 1 rings (SSSR count). The minimum absolute atomic E-state index is 0.331. The van der Waals surface area contributed by atoms with Crippen LogP contribution < -0.4 is 0 Å². The van der Waals surface area contributed by atoms with Gasteiger partial charge in [0, 0.05) is 0 Å². The van der Waals surface area contributed by atoms with Crippen LogP contribution in [0.1, 0.15) is 6.42 Å². The lowest BCUT2D eigenvalue weighted by Gasteiger charge is -2.37. The SMILES string of the molecule is C=CCC1=CC(=O)C(Cl)C1(O[Si](C)(C)C)C(=O)OC. The molecule has 0 aromatic carbocycles. The van der Waals surface area contributed by atoms with Gasteiger partial charge in [0.1, 0.15) is 5.38 Å². The van der Waals surface area contributed by atoms with Crippen molar-refractivity contribution in [1.29, 1.82) is 0 Å². The third-order valence-electron chi connectivity index (χ3n) is 2.72. The minimum atomic E-state index is -2.13. The summed E-state index contributed by atoms with van der Waals surface area (Å²) in [5.74, 6) is -0.962. The lowest BCUT2D eigenvalue weighted by molar-refractivity contribution is -0.157. The molecule has 6 heteroatoms. The smallest absolute Gasteiger partial charge is 0.343 e. The van der Waals surface area contributed by atoms with E-state index in [4.69, 9.17) is 20.8 Å². The molecule has 0 saturated carbocycles. The highest BCUT2D eigenvalue weighted by Crippen LogP contribution is 2.41. The van der Waals surface area contributed by atoms with E-state index in [2.05, 4.69) is 6.58 Å². The summed E-state index contributed by atoms with van der Waals surface area (Å²) in [5.41, 5.74) is -0.992. The topological polar surface area (TPSA) is 52.6 Å². The molecule has 0 saturated heterocycles. The first kappa shape index (κ1) is 16.1. The van der Waals surface area contributed by atoms with Crippen LogP contribution >= 0.6 is 11.6 Å². The highest BCUT2D eigenvalue weighted by Gasteiger charge is 2.58. The van der Waals surface area contributed by atoms with Gasteiger partial charge in [0.05, 0.1) is 7.11 Å². The first-order chi connectivity index (χ1) is 8.69. The van der Waals surface area contributed by atoms with Gasteiger partial charge >= 0.3 is 5.97 Å². The lowest BCUT2D eigenvalue weighted by Crippen LogP contribution is -2.55. The number of rotatable bonds is 5. The maximum atomic E-state index is 12.2. The molecule has 0 fully saturated rings. The number of ketones is 1. The van der Waals surface area contributed by atoms with Gasteiger partial charge in [-0.3, -0.25) is 4.79 Å². The predicted molar refractivity (Wildman–Crippen MR) is 76.7 cm³/mol. The molecular weight excluding hydrogens is 284 g/mol. The van der Waals surface area contributed by atoms with Crippen LogP contribution in [0.5, 0.6) is 0 Å². The molecule has 2 unspecified atom stereocenters. The lowest BCUT2D eigenvalue weighted by atomic mass is 9.93. The van der Waals surface area contributed by atoms with Crippen LogP contribution in [0.2, 0.25) is 19.6 Å². The Hall–Kier alpha value is -0.913. The zero-order valence-corrected chi connectivity index (χ0v) is 13.4. The van der Waals surface area contributed by atoms with Gasteiger partial charge in [-0.25, -0.2) is 4.79 Å². The first-order valence-electron chi connectivity index (χ1n) is 5.97. The van der Waals surface area contributed by atoms with Gasteiger partial charge in [-0.1, -0.05) is 6.08 Å². The molecule has 1 aliphatic carbocycles. The zero-order valence-electron chi connectivity index (χ0n) is 11.7. The van der Waals surface area contributed by atoms with Crippen LogP contribution in [0, 0.1) is 0 Å². The Kier molecular flexibility index (Phi) is 4.76. The summed E-state index contributed by atoms with van der Waals surface area (Å²) >= 11 is 6.16. The second kappa shape index (κ2) is 5.61. The number of alkyl halides is 1. The maximum absolute atomic E-state index is 12.2. The number of hydrogen-bond donors (Lipinski definition) is 0. The number of ether oxygens (including phenoxy) is 1. The van der Waals surface area contributed by atoms with E-state index in [0.29, 0.717) is 12.0 Å². The zero-order chi connectivity index (χ0) is 14.8.